The fourth-order valence-corrected chi connectivity index (χ4v) is 7.31. The van der Waals surface area contributed by atoms with Gasteiger partial charge in [0, 0.05) is 45.8 Å². The second-order valence-electron chi connectivity index (χ2n) is 13.9. The molecule has 1 fully saturated rings. The molecule has 0 saturated carbocycles. The van der Waals surface area contributed by atoms with Gasteiger partial charge in [0.2, 0.25) is 0 Å². The van der Waals surface area contributed by atoms with Crippen molar-refractivity contribution in [2.45, 2.75) is 125 Å². The lowest BCUT2D eigenvalue weighted by Gasteiger charge is -2.18. The zero-order valence-electron chi connectivity index (χ0n) is 34.5. The van der Waals surface area contributed by atoms with Crippen molar-refractivity contribution in [3.8, 4) is 11.3 Å². The van der Waals surface area contributed by atoms with E-state index in [1.807, 2.05) is 56.9 Å². The summed E-state index contributed by atoms with van der Waals surface area (Å²) in [5.74, 6) is 2.87. The highest BCUT2D eigenvalue weighted by atomic mass is 32.2. The molecule has 1 aliphatic heterocycles. The van der Waals surface area contributed by atoms with Crippen LogP contribution in [0.3, 0.4) is 0 Å². The molecule has 0 spiro atoms. The maximum absolute atomic E-state index is 6.67. The van der Waals surface area contributed by atoms with E-state index in [9.17, 15) is 0 Å². The quantitative estimate of drug-likeness (QED) is 0.110. The number of aliphatic imine (C=N–C) groups is 1. The standard InChI is InChI=1S/C31H44N2.C17H21NO2S/c1-8-12-14-15-16-17-18-25(6)27-20-22-28(23-21-27)29(19-13-9-2)30(26(7)33-11-4)31(32)24(5)10-3;1-12-8-9-15(19-12)10-21-11-16-13(2)18-20-17(16)14-6-4-3-5-7-14/h11,14-23H,8-10,12-13,32H2,1-7H3;3-7,12,15H,8-11H2,1-2H3/b15-14-,17-16-,25-18+,29-19-,30-26-,31-24-,33-11?;. The highest BCUT2D eigenvalue weighted by Crippen LogP contribution is 2.34. The van der Waals surface area contributed by atoms with Crippen molar-refractivity contribution in [1.29, 1.82) is 0 Å². The average molecular weight is 748 g/mol. The molecule has 2 heterocycles. The molecule has 0 amide bonds. The number of rotatable bonds is 17. The minimum absolute atomic E-state index is 0.408. The van der Waals surface area contributed by atoms with Gasteiger partial charge in [0.25, 0.3) is 0 Å². The number of benzene rings is 2. The number of nitrogens with zero attached hydrogens (tertiary/aromatic N) is 2. The third-order valence-corrected chi connectivity index (χ3v) is 10.7. The predicted octanol–water partition coefficient (Wildman–Crippen LogP) is 13.6. The molecule has 1 aliphatic rings. The molecule has 6 heteroatoms. The number of hydrogen-bond acceptors (Lipinski definition) is 6. The molecular weight excluding hydrogens is 683 g/mol. The first-order valence-corrected chi connectivity index (χ1v) is 21.0. The van der Waals surface area contributed by atoms with Crippen LogP contribution in [0.5, 0.6) is 0 Å². The molecule has 290 valence electrons. The first-order chi connectivity index (χ1) is 26.1. The van der Waals surface area contributed by atoms with E-state index < -0.39 is 0 Å². The number of nitrogens with two attached hydrogens (primary N) is 1. The van der Waals surface area contributed by atoms with Gasteiger partial charge in [-0.25, -0.2) is 0 Å². The molecule has 2 unspecified atom stereocenters. The topological polar surface area (TPSA) is 73.6 Å². The molecular formula is C48H65N3O2S. The average Bonchev–Trinajstić information content (AvgIpc) is 3.78. The molecule has 3 aromatic rings. The first kappa shape index (κ1) is 44.3. The zero-order valence-corrected chi connectivity index (χ0v) is 35.3. The van der Waals surface area contributed by atoms with Crippen LogP contribution in [0, 0.1) is 6.92 Å². The summed E-state index contributed by atoms with van der Waals surface area (Å²) >= 11 is 1.91. The SMILES string of the molecule is CC=N/C(C)=C(C(=C\CCC)/c1ccc(/C(C)=C/C=C\C=C/CCC)cc1)\C(N)=C(/C)CC.Cc1noc(-c2ccccc2)c1CSCC1CCC(C)O1. The van der Waals surface area contributed by atoms with Gasteiger partial charge in [-0.05, 0) is 101 Å². The molecule has 2 N–H and O–H groups in total. The van der Waals surface area contributed by atoms with Gasteiger partial charge in [0.1, 0.15) is 0 Å². The molecule has 0 radical (unpaired) electrons. The highest BCUT2D eigenvalue weighted by molar-refractivity contribution is 7.98. The van der Waals surface area contributed by atoms with Crippen molar-refractivity contribution in [2.75, 3.05) is 5.75 Å². The predicted molar refractivity (Wildman–Crippen MR) is 237 cm³/mol. The Bertz CT molecular complexity index is 1790. The summed E-state index contributed by atoms with van der Waals surface area (Å²) < 4.78 is 11.4. The van der Waals surface area contributed by atoms with Crippen LogP contribution in [-0.2, 0) is 10.5 Å². The maximum Gasteiger partial charge on any atom is 0.171 e. The molecule has 2 atom stereocenters. The molecule has 4 rings (SSSR count). The second kappa shape index (κ2) is 24.3. The summed E-state index contributed by atoms with van der Waals surface area (Å²) in [7, 11) is 0. The Morgan fingerprint density at radius 3 is 2.26 bits per heavy atom. The fraction of sp³-hybridized carbons (Fsp3) is 0.417. The number of unbranched alkanes of at least 4 members (excludes halogenated alkanes) is 2. The van der Waals surface area contributed by atoms with Gasteiger partial charge in [-0.2, -0.15) is 11.8 Å². The van der Waals surface area contributed by atoms with Crippen LogP contribution in [0.25, 0.3) is 22.5 Å². The lowest BCUT2D eigenvalue weighted by molar-refractivity contribution is 0.0700. The minimum Gasteiger partial charge on any atom is -0.398 e. The molecule has 1 saturated heterocycles. The third kappa shape index (κ3) is 13.9. The van der Waals surface area contributed by atoms with Gasteiger partial charge in [-0.15, -0.1) is 0 Å². The third-order valence-electron chi connectivity index (χ3n) is 9.55. The fourth-order valence-electron chi connectivity index (χ4n) is 6.14. The van der Waals surface area contributed by atoms with Crippen LogP contribution in [-0.4, -0.2) is 29.3 Å². The van der Waals surface area contributed by atoms with E-state index in [0.717, 1.165) is 71.2 Å². The summed E-state index contributed by atoms with van der Waals surface area (Å²) in [4.78, 5) is 4.60. The lowest BCUT2D eigenvalue weighted by Crippen LogP contribution is -2.11. The summed E-state index contributed by atoms with van der Waals surface area (Å²) in [6, 6.07) is 19.0. The van der Waals surface area contributed by atoms with Crippen molar-refractivity contribution in [1.82, 2.24) is 5.16 Å². The van der Waals surface area contributed by atoms with E-state index in [1.54, 1.807) is 0 Å². The largest absolute Gasteiger partial charge is 0.398 e. The molecule has 0 aliphatic carbocycles. The summed E-state index contributed by atoms with van der Waals surface area (Å²) in [6.45, 7) is 19.0. The molecule has 54 heavy (non-hydrogen) atoms. The Kier molecular flexibility index (Phi) is 19.9. The van der Waals surface area contributed by atoms with Gasteiger partial charge in [0.15, 0.2) is 5.76 Å². The zero-order chi connectivity index (χ0) is 39.3. The summed E-state index contributed by atoms with van der Waals surface area (Å²) in [5, 5.41) is 4.14. The van der Waals surface area contributed by atoms with Crippen molar-refractivity contribution in [3.05, 3.63) is 136 Å². The van der Waals surface area contributed by atoms with Crippen molar-refractivity contribution < 1.29 is 9.26 Å². The van der Waals surface area contributed by atoms with Gasteiger partial charge in [-0.3, -0.25) is 4.99 Å². The Morgan fingerprint density at radius 2 is 1.63 bits per heavy atom. The number of allylic oxidation sites excluding steroid dienone is 10. The molecule has 0 bridgehead atoms. The van der Waals surface area contributed by atoms with Crippen LogP contribution in [0.2, 0.25) is 0 Å². The van der Waals surface area contributed by atoms with E-state index in [4.69, 9.17) is 15.0 Å². The van der Waals surface area contributed by atoms with Gasteiger partial charge in [-0.1, -0.05) is 130 Å². The monoisotopic (exact) mass is 747 g/mol. The van der Waals surface area contributed by atoms with Crippen molar-refractivity contribution in [3.63, 3.8) is 0 Å². The number of ether oxygens (including phenoxy) is 1. The van der Waals surface area contributed by atoms with Crippen molar-refractivity contribution >= 4 is 29.1 Å². The lowest BCUT2D eigenvalue weighted by atomic mass is 9.90. The summed E-state index contributed by atoms with van der Waals surface area (Å²) in [5.41, 5.74) is 18.8. The Hall–Kier alpha value is -4.13. The highest BCUT2D eigenvalue weighted by Gasteiger charge is 2.22. The van der Waals surface area contributed by atoms with E-state index in [1.165, 1.54) is 52.7 Å². The number of hydrogen-bond donors (Lipinski definition) is 1. The minimum atomic E-state index is 0.408. The van der Waals surface area contributed by atoms with Crippen LogP contribution >= 0.6 is 11.8 Å². The second-order valence-corrected chi connectivity index (χ2v) is 15.0. The number of aryl methyl sites for hydroxylation is 1. The maximum atomic E-state index is 6.67. The van der Waals surface area contributed by atoms with E-state index >= 15 is 0 Å². The number of thioether (sulfide) groups is 1. The molecule has 1 aromatic heterocycles. The Balaban J connectivity index is 0.000000318. The van der Waals surface area contributed by atoms with Gasteiger partial charge >= 0.3 is 0 Å². The van der Waals surface area contributed by atoms with E-state index in [-0.39, 0.29) is 0 Å². The van der Waals surface area contributed by atoms with Crippen molar-refractivity contribution in [2.24, 2.45) is 10.7 Å². The summed E-state index contributed by atoms with van der Waals surface area (Å²) in [6.07, 6.45) is 23.3. The van der Waals surface area contributed by atoms with Gasteiger partial charge < -0.3 is 15.0 Å². The molecule has 2 aromatic carbocycles. The Morgan fingerprint density at radius 1 is 0.926 bits per heavy atom. The van der Waals surface area contributed by atoms with Crippen LogP contribution < -0.4 is 5.73 Å². The molecule has 5 nitrogen and oxygen atoms in total. The number of aromatic nitrogens is 1. The van der Waals surface area contributed by atoms with Crippen LogP contribution in [0.4, 0.5) is 0 Å². The van der Waals surface area contributed by atoms with Crippen LogP contribution in [0.15, 0.2) is 123 Å². The smallest absolute Gasteiger partial charge is 0.171 e. The first-order valence-electron chi connectivity index (χ1n) is 19.8. The van der Waals surface area contributed by atoms with Gasteiger partial charge in [0.05, 0.1) is 17.9 Å². The van der Waals surface area contributed by atoms with E-state index in [2.05, 4.69) is 125 Å². The normalized spacial score (nSPS) is 17.6. The van der Waals surface area contributed by atoms with Crippen LogP contribution in [0.1, 0.15) is 123 Å². The Labute approximate surface area is 331 Å². The van der Waals surface area contributed by atoms with E-state index in [0.29, 0.717) is 12.2 Å².